The number of amides is 1. The first-order chi connectivity index (χ1) is 11.9. The van der Waals surface area contributed by atoms with Gasteiger partial charge >= 0.3 is 0 Å². The predicted molar refractivity (Wildman–Crippen MR) is 108 cm³/mol. The number of allylic oxidation sites excluding steroid dienone is 3. The molecule has 2 aromatic rings. The summed E-state index contributed by atoms with van der Waals surface area (Å²) in [5.74, 6) is 0.590. The van der Waals surface area contributed by atoms with E-state index in [0.717, 1.165) is 28.7 Å². The SMILES string of the molecule is COc1ccc2sc(C(=O)NC/C=C(\C)CCC=C(C)C)c(Cl)c2c1. The fourth-order valence-corrected chi connectivity index (χ4v) is 3.81. The normalized spacial score (nSPS) is 11.5. The van der Waals surface area contributed by atoms with Crippen molar-refractivity contribution in [3.05, 3.63) is 51.4 Å². The molecule has 0 saturated carbocycles. The number of fused-ring (bicyclic) bond motifs is 1. The molecule has 0 radical (unpaired) electrons. The van der Waals surface area contributed by atoms with Crippen LogP contribution in [0.25, 0.3) is 10.1 Å². The second-order valence-electron chi connectivity index (χ2n) is 6.19. The average molecular weight is 378 g/mol. The number of benzene rings is 1. The van der Waals surface area contributed by atoms with Gasteiger partial charge in [-0.1, -0.05) is 34.9 Å². The third-order valence-electron chi connectivity index (χ3n) is 3.85. The molecule has 0 aliphatic carbocycles. The molecule has 1 heterocycles. The molecule has 0 spiro atoms. The Morgan fingerprint density at radius 2 is 2.04 bits per heavy atom. The van der Waals surface area contributed by atoms with Crippen LogP contribution in [0.15, 0.2) is 41.5 Å². The molecule has 2 rings (SSSR count). The molecular weight excluding hydrogens is 354 g/mol. The van der Waals surface area contributed by atoms with E-state index in [2.05, 4.69) is 38.2 Å². The van der Waals surface area contributed by atoms with E-state index in [1.807, 2.05) is 18.2 Å². The van der Waals surface area contributed by atoms with E-state index in [0.29, 0.717) is 16.4 Å². The largest absolute Gasteiger partial charge is 0.497 e. The lowest BCUT2D eigenvalue weighted by atomic mass is 10.1. The third-order valence-corrected chi connectivity index (χ3v) is 5.52. The first-order valence-electron chi connectivity index (χ1n) is 8.25. The molecule has 0 atom stereocenters. The van der Waals surface area contributed by atoms with Gasteiger partial charge in [0.05, 0.1) is 12.1 Å². The number of ether oxygens (including phenoxy) is 1. The van der Waals surface area contributed by atoms with Gasteiger partial charge in [0.15, 0.2) is 0 Å². The van der Waals surface area contributed by atoms with Crippen LogP contribution in [0.5, 0.6) is 5.75 Å². The second kappa shape index (κ2) is 9.07. The van der Waals surface area contributed by atoms with Crippen LogP contribution < -0.4 is 10.1 Å². The maximum absolute atomic E-state index is 12.4. The summed E-state index contributed by atoms with van der Waals surface area (Å²) in [6, 6.07) is 5.66. The predicted octanol–water partition coefficient (Wildman–Crippen LogP) is 5.99. The minimum atomic E-state index is -0.140. The highest BCUT2D eigenvalue weighted by molar-refractivity contribution is 7.21. The van der Waals surface area contributed by atoms with E-state index < -0.39 is 0 Å². The van der Waals surface area contributed by atoms with E-state index >= 15 is 0 Å². The lowest BCUT2D eigenvalue weighted by Crippen LogP contribution is -2.22. The highest BCUT2D eigenvalue weighted by atomic mass is 35.5. The van der Waals surface area contributed by atoms with Crippen molar-refractivity contribution in [2.45, 2.75) is 33.6 Å². The van der Waals surface area contributed by atoms with Gasteiger partial charge in [-0.15, -0.1) is 11.3 Å². The van der Waals surface area contributed by atoms with Crippen molar-refractivity contribution in [1.82, 2.24) is 5.32 Å². The Morgan fingerprint density at radius 3 is 2.72 bits per heavy atom. The summed E-state index contributed by atoms with van der Waals surface area (Å²) in [5.41, 5.74) is 2.60. The van der Waals surface area contributed by atoms with E-state index in [9.17, 15) is 4.79 Å². The minimum absolute atomic E-state index is 0.140. The van der Waals surface area contributed by atoms with Gasteiger partial charge in [0.1, 0.15) is 10.6 Å². The Balaban J connectivity index is 2.00. The quantitative estimate of drug-likeness (QED) is 0.602. The summed E-state index contributed by atoms with van der Waals surface area (Å²) < 4.78 is 6.20. The van der Waals surface area contributed by atoms with Crippen molar-refractivity contribution in [2.75, 3.05) is 13.7 Å². The molecule has 0 aliphatic heterocycles. The monoisotopic (exact) mass is 377 g/mol. The van der Waals surface area contributed by atoms with Crippen LogP contribution in [-0.2, 0) is 0 Å². The minimum Gasteiger partial charge on any atom is -0.497 e. The summed E-state index contributed by atoms with van der Waals surface area (Å²) in [6.07, 6.45) is 6.31. The summed E-state index contributed by atoms with van der Waals surface area (Å²) in [5, 5.41) is 4.26. The van der Waals surface area contributed by atoms with Gasteiger partial charge in [-0.05, 0) is 51.8 Å². The molecule has 1 N–H and O–H groups in total. The molecule has 0 fully saturated rings. The third kappa shape index (κ3) is 5.35. The van der Waals surface area contributed by atoms with Gasteiger partial charge in [-0.25, -0.2) is 0 Å². The molecule has 0 bridgehead atoms. The summed E-state index contributed by atoms with van der Waals surface area (Å²) in [4.78, 5) is 13.0. The van der Waals surface area contributed by atoms with Gasteiger partial charge in [0.2, 0.25) is 0 Å². The molecule has 0 saturated heterocycles. The van der Waals surface area contributed by atoms with Crippen LogP contribution in [0.1, 0.15) is 43.3 Å². The van der Waals surface area contributed by atoms with Gasteiger partial charge in [0, 0.05) is 16.6 Å². The Labute approximate surface area is 158 Å². The fraction of sp³-hybridized carbons (Fsp3) is 0.350. The van der Waals surface area contributed by atoms with Gasteiger partial charge in [0.25, 0.3) is 5.91 Å². The van der Waals surface area contributed by atoms with Crippen LogP contribution in [0.3, 0.4) is 0 Å². The van der Waals surface area contributed by atoms with Gasteiger partial charge < -0.3 is 10.1 Å². The first kappa shape index (κ1) is 19.5. The number of thiophene rings is 1. The number of carbonyl (C=O) groups is 1. The Bertz CT molecular complexity index is 816. The molecule has 134 valence electrons. The first-order valence-corrected chi connectivity index (χ1v) is 9.45. The number of nitrogens with one attached hydrogen (secondary N) is 1. The summed E-state index contributed by atoms with van der Waals surface area (Å²) in [6.45, 7) is 6.80. The van der Waals surface area contributed by atoms with E-state index in [1.165, 1.54) is 22.5 Å². The van der Waals surface area contributed by atoms with Crippen molar-refractivity contribution in [3.63, 3.8) is 0 Å². The standard InChI is InChI=1S/C20H24ClNO2S/c1-13(2)6-5-7-14(3)10-11-22-20(23)19-18(21)16-12-15(24-4)8-9-17(16)25-19/h6,8-10,12H,5,7,11H2,1-4H3,(H,22,23)/b14-10+. The van der Waals surface area contributed by atoms with Crippen molar-refractivity contribution >= 4 is 38.9 Å². The zero-order valence-corrected chi connectivity index (χ0v) is 16.7. The molecule has 0 aliphatic rings. The van der Waals surface area contributed by atoms with Gasteiger partial charge in [-0.2, -0.15) is 0 Å². The van der Waals surface area contributed by atoms with Crippen molar-refractivity contribution in [2.24, 2.45) is 0 Å². The Morgan fingerprint density at radius 1 is 1.28 bits per heavy atom. The van der Waals surface area contributed by atoms with Crippen molar-refractivity contribution < 1.29 is 9.53 Å². The number of carbonyl (C=O) groups excluding carboxylic acids is 1. The smallest absolute Gasteiger partial charge is 0.263 e. The maximum Gasteiger partial charge on any atom is 0.263 e. The average Bonchev–Trinajstić information content (AvgIpc) is 2.90. The van der Waals surface area contributed by atoms with Crippen LogP contribution >= 0.6 is 22.9 Å². The molecule has 1 aromatic carbocycles. The molecule has 1 amide bonds. The molecule has 3 nitrogen and oxygen atoms in total. The molecular formula is C20H24ClNO2S. The zero-order valence-electron chi connectivity index (χ0n) is 15.1. The Kier molecular flexibility index (Phi) is 7.09. The van der Waals surface area contributed by atoms with Crippen molar-refractivity contribution in [1.29, 1.82) is 0 Å². The highest BCUT2D eigenvalue weighted by Gasteiger charge is 2.17. The number of methoxy groups -OCH3 is 1. The van der Waals surface area contributed by atoms with Crippen LogP contribution in [0.4, 0.5) is 0 Å². The lowest BCUT2D eigenvalue weighted by Gasteiger charge is -2.03. The second-order valence-corrected chi connectivity index (χ2v) is 7.62. The Hall–Kier alpha value is -1.78. The zero-order chi connectivity index (χ0) is 18.4. The molecule has 0 unspecified atom stereocenters. The topological polar surface area (TPSA) is 38.3 Å². The summed E-state index contributed by atoms with van der Waals surface area (Å²) >= 11 is 7.79. The molecule has 1 aromatic heterocycles. The number of hydrogen-bond acceptors (Lipinski definition) is 3. The van der Waals surface area contributed by atoms with E-state index in [1.54, 1.807) is 7.11 Å². The van der Waals surface area contributed by atoms with Crippen LogP contribution in [0, 0.1) is 0 Å². The number of rotatable bonds is 7. The van der Waals surface area contributed by atoms with E-state index in [4.69, 9.17) is 16.3 Å². The fourth-order valence-electron chi connectivity index (χ4n) is 2.41. The van der Waals surface area contributed by atoms with Crippen molar-refractivity contribution in [3.8, 4) is 5.75 Å². The maximum atomic E-state index is 12.4. The van der Waals surface area contributed by atoms with E-state index in [-0.39, 0.29) is 5.91 Å². The van der Waals surface area contributed by atoms with Crippen LogP contribution in [0.2, 0.25) is 5.02 Å². The molecule has 5 heteroatoms. The number of halogens is 1. The lowest BCUT2D eigenvalue weighted by molar-refractivity contribution is 0.0962. The number of hydrogen-bond donors (Lipinski definition) is 1. The highest BCUT2D eigenvalue weighted by Crippen LogP contribution is 2.37. The summed E-state index contributed by atoms with van der Waals surface area (Å²) in [7, 11) is 1.61. The molecule has 25 heavy (non-hydrogen) atoms. The van der Waals surface area contributed by atoms with Crippen LogP contribution in [-0.4, -0.2) is 19.6 Å². The van der Waals surface area contributed by atoms with Gasteiger partial charge in [-0.3, -0.25) is 4.79 Å².